The number of alkyl halides is 5. The van der Waals surface area contributed by atoms with Crippen LogP contribution in [-0.4, -0.2) is 32.5 Å². The lowest BCUT2D eigenvalue weighted by Gasteiger charge is -2.53. The fraction of sp³-hybridized carbons (Fsp3) is 0.611. The largest absolute Gasteiger partial charge is 0.416 e. The first-order valence-corrected chi connectivity index (χ1v) is 10.9. The van der Waals surface area contributed by atoms with Crippen LogP contribution in [-0.2, 0) is 16.2 Å². The van der Waals surface area contributed by atoms with E-state index in [1.807, 2.05) is 0 Å². The zero-order chi connectivity index (χ0) is 21.7. The molecule has 0 saturated heterocycles. The molecular weight excluding hydrogens is 419 g/mol. The fourth-order valence-electron chi connectivity index (χ4n) is 4.23. The molecule has 3 saturated carbocycles. The number of anilines is 1. The molecule has 2 bridgehead atoms. The Bertz CT molecular complexity index is 890. The molecule has 0 unspecified atom stereocenters. The van der Waals surface area contributed by atoms with Crippen molar-refractivity contribution in [1.82, 2.24) is 5.32 Å². The standard InChI is InChI=1S/C18H21F5N2O3S/c1-29(27,28)25-13-3-2-11(18(21,22)23)10-12(13)14(26)24-17-7-4-16(5-8-17,6-9-17)15(19)20/h2-3,10,15,25H,4-9H2,1H3,(H,24,26). The summed E-state index contributed by atoms with van der Waals surface area (Å²) in [5.74, 6) is -0.867. The minimum atomic E-state index is -4.72. The second-order valence-corrected chi connectivity index (χ2v) is 9.78. The van der Waals surface area contributed by atoms with Crippen molar-refractivity contribution in [3.63, 3.8) is 0 Å². The molecule has 0 aliphatic heterocycles. The number of amides is 1. The van der Waals surface area contributed by atoms with E-state index in [0.717, 1.165) is 12.3 Å². The SMILES string of the molecule is CS(=O)(=O)Nc1ccc(C(F)(F)F)cc1C(=O)NC12CCC(C(F)F)(CC1)CC2. The number of fused-ring (bicyclic) bond motifs is 3. The Balaban J connectivity index is 1.88. The minimum absolute atomic E-state index is 0.224. The van der Waals surface area contributed by atoms with E-state index >= 15 is 0 Å². The Hall–Kier alpha value is -1.91. The van der Waals surface area contributed by atoms with Crippen molar-refractivity contribution in [3.05, 3.63) is 29.3 Å². The predicted octanol–water partition coefficient (Wildman–Crippen LogP) is 4.16. The van der Waals surface area contributed by atoms with Gasteiger partial charge in [-0.3, -0.25) is 9.52 Å². The van der Waals surface area contributed by atoms with Gasteiger partial charge in [0.15, 0.2) is 0 Å². The molecule has 4 rings (SSSR count). The summed E-state index contributed by atoms with van der Waals surface area (Å²) in [4.78, 5) is 12.8. The molecule has 0 radical (unpaired) electrons. The zero-order valence-corrected chi connectivity index (χ0v) is 16.4. The van der Waals surface area contributed by atoms with Crippen LogP contribution in [0.5, 0.6) is 0 Å². The van der Waals surface area contributed by atoms with Crippen molar-refractivity contribution in [2.75, 3.05) is 11.0 Å². The maximum absolute atomic E-state index is 13.4. The van der Waals surface area contributed by atoms with Gasteiger partial charge in [-0.2, -0.15) is 13.2 Å². The zero-order valence-electron chi connectivity index (χ0n) is 15.6. The lowest BCUT2D eigenvalue weighted by molar-refractivity contribution is -0.137. The first kappa shape index (κ1) is 21.8. The van der Waals surface area contributed by atoms with Gasteiger partial charge in [0.1, 0.15) is 0 Å². The third-order valence-electron chi connectivity index (χ3n) is 6.03. The monoisotopic (exact) mass is 440 g/mol. The second-order valence-electron chi connectivity index (χ2n) is 8.03. The van der Waals surface area contributed by atoms with Crippen LogP contribution >= 0.6 is 0 Å². The first-order valence-electron chi connectivity index (χ1n) is 9.05. The Morgan fingerprint density at radius 2 is 1.62 bits per heavy atom. The van der Waals surface area contributed by atoms with Gasteiger partial charge >= 0.3 is 6.18 Å². The minimum Gasteiger partial charge on any atom is -0.347 e. The van der Waals surface area contributed by atoms with E-state index in [4.69, 9.17) is 0 Å². The quantitative estimate of drug-likeness (QED) is 0.675. The average molecular weight is 440 g/mol. The third-order valence-corrected chi connectivity index (χ3v) is 6.62. The summed E-state index contributed by atoms with van der Waals surface area (Å²) < 4.78 is 91.1. The molecule has 0 heterocycles. The predicted molar refractivity (Wildman–Crippen MR) is 96.2 cm³/mol. The summed E-state index contributed by atoms with van der Waals surface area (Å²) in [5, 5.41) is 2.71. The van der Waals surface area contributed by atoms with Crippen LogP contribution < -0.4 is 10.0 Å². The number of rotatable bonds is 5. The number of hydrogen-bond acceptors (Lipinski definition) is 3. The summed E-state index contributed by atoms with van der Waals surface area (Å²) in [6, 6.07) is 2.16. The van der Waals surface area contributed by atoms with Gasteiger partial charge in [0.25, 0.3) is 5.91 Å². The van der Waals surface area contributed by atoms with Crippen LogP contribution in [0.1, 0.15) is 54.4 Å². The molecule has 3 aliphatic carbocycles. The number of halogens is 5. The number of sulfonamides is 1. The molecule has 0 aromatic heterocycles. The summed E-state index contributed by atoms with van der Waals surface area (Å²) in [7, 11) is -3.84. The number of carbonyl (C=O) groups is 1. The smallest absolute Gasteiger partial charge is 0.347 e. The molecular formula is C18H21F5N2O3S. The van der Waals surface area contributed by atoms with Gasteiger partial charge in [-0.25, -0.2) is 17.2 Å². The summed E-state index contributed by atoms with van der Waals surface area (Å²) in [5.41, 5.74) is -3.65. The third kappa shape index (κ3) is 4.49. The van der Waals surface area contributed by atoms with E-state index in [0.29, 0.717) is 31.4 Å². The van der Waals surface area contributed by atoms with Crippen LogP contribution in [0, 0.1) is 5.41 Å². The molecule has 2 N–H and O–H groups in total. The molecule has 0 spiro atoms. The van der Waals surface area contributed by atoms with Crippen molar-refractivity contribution >= 4 is 21.6 Å². The lowest BCUT2D eigenvalue weighted by atomic mass is 9.57. The van der Waals surface area contributed by atoms with E-state index < -0.39 is 50.6 Å². The summed E-state index contributed by atoms with van der Waals surface area (Å²) in [6.45, 7) is 0. The lowest BCUT2D eigenvalue weighted by Crippen LogP contribution is -2.58. The molecule has 1 amide bonds. The number of nitrogens with one attached hydrogen (secondary N) is 2. The van der Waals surface area contributed by atoms with Crippen LogP contribution in [0.3, 0.4) is 0 Å². The highest BCUT2D eigenvalue weighted by Crippen LogP contribution is 2.55. The van der Waals surface area contributed by atoms with E-state index in [2.05, 4.69) is 10.0 Å². The van der Waals surface area contributed by atoms with E-state index in [1.54, 1.807) is 0 Å². The van der Waals surface area contributed by atoms with Gasteiger partial charge in [-0.05, 0) is 56.7 Å². The van der Waals surface area contributed by atoms with Crippen molar-refractivity contribution in [2.24, 2.45) is 5.41 Å². The van der Waals surface area contributed by atoms with E-state index in [9.17, 15) is 35.2 Å². The highest BCUT2D eigenvalue weighted by molar-refractivity contribution is 7.92. The molecule has 3 aliphatic rings. The molecule has 29 heavy (non-hydrogen) atoms. The van der Waals surface area contributed by atoms with Gasteiger partial charge in [-0.1, -0.05) is 0 Å². The molecule has 11 heteroatoms. The van der Waals surface area contributed by atoms with Gasteiger partial charge in [0.05, 0.1) is 23.1 Å². The molecule has 162 valence electrons. The van der Waals surface area contributed by atoms with Crippen molar-refractivity contribution < 1.29 is 35.2 Å². The van der Waals surface area contributed by atoms with Crippen LogP contribution in [0.2, 0.25) is 0 Å². The van der Waals surface area contributed by atoms with Gasteiger partial charge in [0, 0.05) is 11.0 Å². The van der Waals surface area contributed by atoms with Gasteiger partial charge < -0.3 is 5.32 Å². The molecule has 1 aromatic rings. The van der Waals surface area contributed by atoms with Crippen molar-refractivity contribution in [3.8, 4) is 0 Å². The Kier molecular flexibility index (Phi) is 5.34. The number of benzene rings is 1. The van der Waals surface area contributed by atoms with Crippen LogP contribution in [0.25, 0.3) is 0 Å². The summed E-state index contributed by atoms with van der Waals surface area (Å²) in [6.07, 6.45) is -4.78. The second kappa shape index (κ2) is 7.10. The summed E-state index contributed by atoms with van der Waals surface area (Å²) >= 11 is 0. The molecule has 1 aromatic carbocycles. The average Bonchev–Trinajstić information content (AvgIpc) is 2.61. The number of hydrogen-bond donors (Lipinski definition) is 2. The highest BCUT2D eigenvalue weighted by atomic mass is 32.2. The van der Waals surface area contributed by atoms with Gasteiger partial charge in [-0.15, -0.1) is 0 Å². The number of carbonyl (C=O) groups excluding carboxylic acids is 1. The van der Waals surface area contributed by atoms with Crippen molar-refractivity contribution in [1.29, 1.82) is 0 Å². The topological polar surface area (TPSA) is 75.3 Å². The van der Waals surface area contributed by atoms with Crippen molar-refractivity contribution in [2.45, 2.75) is 56.7 Å². The van der Waals surface area contributed by atoms with E-state index in [-0.39, 0.29) is 24.9 Å². The molecule has 5 nitrogen and oxygen atoms in total. The Morgan fingerprint density at radius 1 is 1.07 bits per heavy atom. The Labute approximate surface area is 165 Å². The van der Waals surface area contributed by atoms with Crippen LogP contribution in [0.15, 0.2) is 18.2 Å². The molecule has 3 fully saturated rings. The molecule has 0 atom stereocenters. The Morgan fingerprint density at radius 3 is 2.07 bits per heavy atom. The van der Waals surface area contributed by atoms with E-state index in [1.165, 1.54) is 0 Å². The van der Waals surface area contributed by atoms with Crippen LogP contribution in [0.4, 0.5) is 27.6 Å². The normalized spacial score (nSPS) is 27.1. The van der Waals surface area contributed by atoms with Gasteiger partial charge in [0.2, 0.25) is 16.4 Å². The maximum atomic E-state index is 13.4. The highest BCUT2D eigenvalue weighted by Gasteiger charge is 2.53. The first-order chi connectivity index (χ1) is 13.3. The fourth-order valence-corrected chi connectivity index (χ4v) is 4.81. The maximum Gasteiger partial charge on any atom is 0.416 e.